The third-order valence-electron chi connectivity index (χ3n) is 3.63. The van der Waals surface area contributed by atoms with Crippen molar-refractivity contribution in [3.8, 4) is 0 Å². The van der Waals surface area contributed by atoms with Gasteiger partial charge in [0.1, 0.15) is 0 Å². The highest BCUT2D eigenvalue weighted by Gasteiger charge is 2.25. The van der Waals surface area contributed by atoms with Crippen LogP contribution in [-0.2, 0) is 0 Å². The number of anilines is 1. The first kappa shape index (κ1) is 13.7. The van der Waals surface area contributed by atoms with Crippen molar-refractivity contribution >= 4 is 11.7 Å². The monoisotopic (exact) mass is 263 g/mol. The number of rotatable bonds is 4. The molecule has 1 saturated heterocycles. The highest BCUT2D eigenvalue weighted by molar-refractivity contribution is 5.96. The van der Waals surface area contributed by atoms with E-state index in [-0.39, 0.29) is 17.4 Å². The molecule has 0 unspecified atom stereocenters. The number of nitrogens with one attached hydrogen (secondary N) is 1. The third-order valence-corrected chi connectivity index (χ3v) is 3.63. The topological polar surface area (TPSA) is 84.1 Å². The summed E-state index contributed by atoms with van der Waals surface area (Å²) in [5.74, 6) is 0.818. The third kappa shape index (κ3) is 3.41. The van der Waals surface area contributed by atoms with Crippen LogP contribution in [0.5, 0.6) is 0 Å². The Hall–Kier alpha value is -1.69. The molecule has 0 spiro atoms. The molecule has 1 aliphatic heterocycles. The summed E-state index contributed by atoms with van der Waals surface area (Å²) >= 11 is 0. The molecule has 19 heavy (non-hydrogen) atoms. The fourth-order valence-corrected chi connectivity index (χ4v) is 2.44. The van der Waals surface area contributed by atoms with E-state index in [0.29, 0.717) is 5.92 Å². The summed E-state index contributed by atoms with van der Waals surface area (Å²) in [5.41, 5.74) is 5.97. The number of nitrogens with two attached hydrogens (primary N) is 1. The van der Waals surface area contributed by atoms with E-state index < -0.39 is 0 Å². The summed E-state index contributed by atoms with van der Waals surface area (Å²) < 4.78 is 0. The second-order valence-corrected chi connectivity index (χ2v) is 4.92. The minimum absolute atomic E-state index is 0.0994. The number of aromatic nitrogens is 2. The Morgan fingerprint density at radius 1 is 1.42 bits per heavy atom. The molecule has 0 radical (unpaired) electrons. The predicted molar refractivity (Wildman–Crippen MR) is 73.6 cm³/mol. The number of carbonyl (C=O) groups excluding carboxylic acids is 1. The summed E-state index contributed by atoms with van der Waals surface area (Å²) in [6.07, 6.45) is 6.27. The van der Waals surface area contributed by atoms with Gasteiger partial charge in [-0.3, -0.25) is 4.79 Å². The van der Waals surface area contributed by atoms with Crippen LogP contribution in [0.25, 0.3) is 0 Å². The zero-order valence-corrected chi connectivity index (χ0v) is 11.3. The van der Waals surface area contributed by atoms with Crippen molar-refractivity contribution in [2.24, 2.45) is 5.92 Å². The average Bonchev–Trinajstić information content (AvgIpc) is 2.45. The van der Waals surface area contributed by atoms with Gasteiger partial charge in [0.15, 0.2) is 11.5 Å². The first-order valence-electron chi connectivity index (χ1n) is 6.72. The first-order chi connectivity index (χ1) is 9.22. The summed E-state index contributed by atoms with van der Waals surface area (Å²) in [4.78, 5) is 22.0. The lowest BCUT2D eigenvalue weighted by atomic mass is 9.93. The van der Waals surface area contributed by atoms with Crippen LogP contribution in [0.4, 0.5) is 5.82 Å². The van der Waals surface area contributed by atoms with Gasteiger partial charge >= 0.3 is 0 Å². The normalized spacial score (nSPS) is 16.6. The van der Waals surface area contributed by atoms with E-state index in [2.05, 4.69) is 15.3 Å². The smallest absolute Gasteiger partial charge is 0.276 e. The molecule has 1 aromatic rings. The maximum absolute atomic E-state index is 12.3. The minimum atomic E-state index is -0.0994. The van der Waals surface area contributed by atoms with Gasteiger partial charge in [0.2, 0.25) is 0 Å². The highest BCUT2D eigenvalue weighted by Crippen LogP contribution is 2.21. The molecule has 104 valence electrons. The Kier molecular flexibility index (Phi) is 4.68. The van der Waals surface area contributed by atoms with Crippen LogP contribution in [0.1, 0.15) is 29.8 Å². The summed E-state index contributed by atoms with van der Waals surface area (Å²) in [5, 5.41) is 3.17. The van der Waals surface area contributed by atoms with Crippen molar-refractivity contribution in [3.63, 3.8) is 0 Å². The maximum Gasteiger partial charge on any atom is 0.276 e. The molecule has 0 atom stereocenters. The average molecular weight is 263 g/mol. The van der Waals surface area contributed by atoms with Crippen molar-refractivity contribution in [2.45, 2.75) is 19.3 Å². The molecule has 0 aromatic carbocycles. The Balaban J connectivity index is 1.91. The van der Waals surface area contributed by atoms with Crippen molar-refractivity contribution in [1.82, 2.24) is 20.2 Å². The summed E-state index contributed by atoms with van der Waals surface area (Å²) in [6.45, 7) is 2.60. The van der Waals surface area contributed by atoms with E-state index in [9.17, 15) is 4.79 Å². The lowest BCUT2D eigenvalue weighted by Crippen LogP contribution is -2.39. The summed E-state index contributed by atoms with van der Waals surface area (Å²) in [7, 11) is 1.97. The van der Waals surface area contributed by atoms with E-state index >= 15 is 0 Å². The highest BCUT2D eigenvalue weighted by atomic mass is 16.2. The number of nitrogen functional groups attached to an aromatic ring is 1. The molecule has 0 aliphatic carbocycles. The van der Waals surface area contributed by atoms with Gasteiger partial charge in [-0.25, -0.2) is 9.97 Å². The molecule has 2 rings (SSSR count). The predicted octanol–water partition coefficient (Wildman–Crippen LogP) is 0.521. The van der Waals surface area contributed by atoms with Gasteiger partial charge in [0.05, 0.1) is 0 Å². The largest absolute Gasteiger partial charge is 0.382 e. The lowest BCUT2D eigenvalue weighted by Gasteiger charge is -2.31. The molecule has 0 bridgehead atoms. The van der Waals surface area contributed by atoms with Crippen molar-refractivity contribution in [1.29, 1.82) is 0 Å². The number of carbonyl (C=O) groups is 1. The Morgan fingerprint density at radius 2 is 2.11 bits per heavy atom. The second-order valence-electron chi connectivity index (χ2n) is 4.92. The number of amides is 1. The molecule has 2 heterocycles. The van der Waals surface area contributed by atoms with Crippen molar-refractivity contribution in [2.75, 3.05) is 32.4 Å². The molecule has 6 heteroatoms. The van der Waals surface area contributed by atoms with Crippen LogP contribution in [0, 0.1) is 5.92 Å². The fourth-order valence-electron chi connectivity index (χ4n) is 2.44. The van der Waals surface area contributed by atoms with Crippen molar-refractivity contribution in [3.05, 3.63) is 18.1 Å². The first-order valence-corrected chi connectivity index (χ1v) is 6.72. The molecule has 3 N–H and O–H groups in total. The summed E-state index contributed by atoms with van der Waals surface area (Å²) in [6, 6.07) is 0. The SMILES string of the molecule is CNCCC1CCN(C(=O)c2nccnc2N)CC1. The van der Waals surface area contributed by atoms with Gasteiger partial charge in [0, 0.05) is 25.5 Å². The fraction of sp³-hybridized carbons (Fsp3) is 0.615. The van der Waals surface area contributed by atoms with E-state index in [4.69, 9.17) is 5.73 Å². The van der Waals surface area contributed by atoms with Gasteiger partial charge in [-0.2, -0.15) is 0 Å². The Morgan fingerprint density at radius 3 is 2.74 bits per heavy atom. The molecular weight excluding hydrogens is 242 g/mol. The lowest BCUT2D eigenvalue weighted by molar-refractivity contribution is 0.0682. The molecule has 1 aliphatic rings. The molecule has 0 saturated carbocycles. The molecule has 1 fully saturated rings. The number of likely N-dealkylation sites (tertiary alicyclic amines) is 1. The van der Waals surface area contributed by atoms with Crippen LogP contribution in [-0.4, -0.2) is 47.5 Å². The van der Waals surface area contributed by atoms with Crippen LogP contribution in [0.2, 0.25) is 0 Å². The van der Waals surface area contributed by atoms with Gasteiger partial charge in [0.25, 0.3) is 5.91 Å². The van der Waals surface area contributed by atoms with E-state index in [1.165, 1.54) is 18.8 Å². The van der Waals surface area contributed by atoms with Crippen LogP contribution in [0.3, 0.4) is 0 Å². The van der Waals surface area contributed by atoms with E-state index in [1.54, 1.807) is 0 Å². The molecule has 1 amide bonds. The quantitative estimate of drug-likeness (QED) is 0.827. The van der Waals surface area contributed by atoms with Gasteiger partial charge < -0.3 is 16.0 Å². The second kappa shape index (κ2) is 6.47. The number of hydrogen-bond donors (Lipinski definition) is 2. The number of hydrogen-bond acceptors (Lipinski definition) is 5. The number of piperidine rings is 1. The van der Waals surface area contributed by atoms with E-state index in [0.717, 1.165) is 32.5 Å². The Labute approximate surface area is 113 Å². The van der Waals surface area contributed by atoms with Crippen LogP contribution >= 0.6 is 0 Å². The zero-order valence-electron chi connectivity index (χ0n) is 11.3. The number of nitrogens with zero attached hydrogens (tertiary/aromatic N) is 3. The van der Waals surface area contributed by atoms with Crippen LogP contribution in [0.15, 0.2) is 12.4 Å². The molecular formula is C13H21N5O. The van der Waals surface area contributed by atoms with Crippen molar-refractivity contribution < 1.29 is 4.79 Å². The molecule has 6 nitrogen and oxygen atoms in total. The van der Waals surface area contributed by atoms with Gasteiger partial charge in [-0.15, -0.1) is 0 Å². The Bertz CT molecular complexity index is 429. The molecule has 1 aromatic heterocycles. The van der Waals surface area contributed by atoms with Gasteiger partial charge in [-0.05, 0) is 38.8 Å². The zero-order chi connectivity index (χ0) is 13.7. The minimum Gasteiger partial charge on any atom is -0.382 e. The van der Waals surface area contributed by atoms with Gasteiger partial charge in [-0.1, -0.05) is 0 Å². The van der Waals surface area contributed by atoms with Crippen LogP contribution < -0.4 is 11.1 Å². The van der Waals surface area contributed by atoms with E-state index in [1.807, 2.05) is 11.9 Å². The maximum atomic E-state index is 12.3. The standard InChI is InChI=1S/C13H21N5O/c1-15-5-2-10-3-8-18(9-4-10)13(19)11-12(14)17-7-6-16-11/h6-7,10,15H,2-5,8-9H2,1H3,(H2,14,17).